The van der Waals surface area contributed by atoms with Crippen molar-refractivity contribution >= 4 is 43.6 Å². The molecule has 2 heterocycles. The van der Waals surface area contributed by atoms with Crippen LogP contribution in [0.1, 0.15) is 4.88 Å². The predicted octanol–water partition coefficient (Wildman–Crippen LogP) is 5.08. The van der Waals surface area contributed by atoms with E-state index in [1.165, 1.54) is 0 Å². The van der Waals surface area contributed by atoms with Crippen molar-refractivity contribution in [1.29, 1.82) is 0 Å². The van der Waals surface area contributed by atoms with Crippen molar-refractivity contribution in [3.63, 3.8) is 0 Å². The van der Waals surface area contributed by atoms with Crippen LogP contribution in [0.15, 0.2) is 67.5 Å². The zero-order valence-electron chi connectivity index (χ0n) is 12.3. The van der Waals surface area contributed by atoms with Crippen molar-refractivity contribution in [2.45, 2.75) is 0 Å². The second-order valence-electron chi connectivity index (χ2n) is 5.25. The Morgan fingerprint density at radius 3 is 2.83 bits per heavy atom. The molecule has 2 aromatic heterocycles. The van der Waals surface area contributed by atoms with Crippen LogP contribution >= 0.6 is 11.3 Å². The first-order valence-corrected chi connectivity index (χ1v) is 8.02. The van der Waals surface area contributed by atoms with Crippen LogP contribution in [0.25, 0.3) is 26.6 Å². The molecule has 0 aliphatic carbocycles. The Morgan fingerprint density at radius 2 is 1.96 bits per heavy atom. The number of fused-ring (bicyclic) bond motifs is 2. The summed E-state index contributed by atoms with van der Waals surface area (Å²) < 4.78 is 7.07. The summed E-state index contributed by atoms with van der Waals surface area (Å²) in [7, 11) is 0. The maximum atomic E-state index is 6.25. The first-order valence-electron chi connectivity index (χ1n) is 7.20. The highest BCUT2D eigenvalue weighted by Gasteiger charge is 2.13. The van der Waals surface area contributed by atoms with Crippen LogP contribution in [0.2, 0.25) is 0 Å². The zero-order valence-corrected chi connectivity index (χ0v) is 13.1. The molecule has 0 amide bonds. The molecule has 2 N–H and O–H groups in total. The number of benzene rings is 2. The fraction of sp³-hybridized carbons (Fsp3) is 0. The van der Waals surface area contributed by atoms with Crippen molar-refractivity contribution in [3.8, 4) is 5.75 Å². The van der Waals surface area contributed by atoms with Crippen molar-refractivity contribution in [2.24, 2.45) is 0 Å². The average Bonchev–Trinajstić information content (AvgIpc) is 2.92. The SMILES string of the molecule is C=C(Oc1ccc2cnccc2c1)c1sc2ccccc2c1N. The van der Waals surface area contributed by atoms with Gasteiger partial charge in [0.15, 0.2) is 0 Å². The van der Waals surface area contributed by atoms with E-state index in [1.807, 2.05) is 48.7 Å². The van der Waals surface area contributed by atoms with Crippen LogP contribution in [-0.2, 0) is 0 Å². The minimum atomic E-state index is 0.567. The topological polar surface area (TPSA) is 48.1 Å². The van der Waals surface area contributed by atoms with Crippen molar-refractivity contribution in [2.75, 3.05) is 5.73 Å². The van der Waals surface area contributed by atoms with Crippen LogP contribution in [0.3, 0.4) is 0 Å². The molecule has 0 fully saturated rings. The quantitative estimate of drug-likeness (QED) is 0.536. The lowest BCUT2D eigenvalue weighted by Gasteiger charge is -2.09. The standard InChI is InChI=1S/C19H14N2OS/c1-12(19-18(20)16-4-2-3-5-17(16)23-19)22-15-7-6-14-11-21-9-8-13(14)10-15/h2-11H,1,20H2. The number of nitrogens with two attached hydrogens (primary N) is 1. The summed E-state index contributed by atoms with van der Waals surface area (Å²) in [5, 5.41) is 3.20. The number of thiophene rings is 1. The summed E-state index contributed by atoms with van der Waals surface area (Å²) >= 11 is 1.60. The zero-order chi connectivity index (χ0) is 15.8. The molecule has 4 rings (SSSR count). The Hall–Kier alpha value is -2.85. The van der Waals surface area contributed by atoms with Crippen LogP contribution in [0, 0.1) is 0 Å². The first-order chi connectivity index (χ1) is 11.2. The van der Waals surface area contributed by atoms with Gasteiger partial charge in [-0.05, 0) is 35.7 Å². The Morgan fingerprint density at radius 1 is 1.09 bits per heavy atom. The molecule has 0 saturated carbocycles. The average molecular weight is 318 g/mol. The van der Waals surface area contributed by atoms with Gasteiger partial charge in [-0.2, -0.15) is 0 Å². The molecule has 4 heteroatoms. The number of hydrogen-bond donors (Lipinski definition) is 1. The molecule has 0 bridgehead atoms. The highest BCUT2D eigenvalue weighted by atomic mass is 32.1. The van der Waals surface area contributed by atoms with Crippen LogP contribution in [-0.4, -0.2) is 4.98 Å². The van der Waals surface area contributed by atoms with E-state index in [0.29, 0.717) is 5.76 Å². The second-order valence-corrected chi connectivity index (χ2v) is 6.30. The van der Waals surface area contributed by atoms with E-state index in [4.69, 9.17) is 10.5 Å². The van der Waals surface area contributed by atoms with Gasteiger partial charge in [-0.1, -0.05) is 24.8 Å². The summed E-state index contributed by atoms with van der Waals surface area (Å²) in [5.41, 5.74) is 6.97. The highest BCUT2D eigenvalue weighted by molar-refractivity contribution is 7.20. The van der Waals surface area contributed by atoms with Gasteiger partial charge in [0.1, 0.15) is 11.5 Å². The molecule has 0 aliphatic heterocycles. The Balaban J connectivity index is 1.69. The van der Waals surface area contributed by atoms with Crippen LogP contribution in [0.4, 0.5) is 5.69 Å². The lowest BCUT2D eigenvalue weighted by atomic mass is 10.2. The second kappa shape index (κ2) is 5.41. The monoisotopic (exact) mass is 318 g/mol. The fourth-order valence-corrected chi connectivity index (χ4v) is 3.62. The summed E-state index contributed by atoms with van der Waals surface area (Å²) in [4.78, 5) is 4.99. The molecule has 4 aromatic rings. The number of pyridine rings is 1. The number of anilines is 1. The molecule has 0 aliphatic rings. The largest absolute Gasteiger partial charge is 0.456 e. The third-order valence-corrected chi connectivity index (χ3v) is 4.97. The van der Waals surface area contributed by atoms with Gasteiger partial charge in [-0.25, -0.2) is 0 Å². The number of rotatable bonds is 3. The molecule has 0 saturated heterocycles. The predicted molar refractivity (Wildman–Crippen MR) is 97.6 cm³/mol. The Labute approximate surface area is 137 Å². The van der Waals surface area contributed by atoms with E-state index in [9.17, 15) is 0 Å². The van der Waals surface area contributed by atoms with Crippen LogP contribution in [0.5, 0.6) is 5.75 Å². The highest BCUT2D eigenvalue weighted by Crippen LogP contribution is 2.38. The molecular weight excluding hydrogens is 304 g/mol. The number of hydrogen-bond acceptors (Lipinski definition) is 4. The molecular formula is C19H14N2OS. The summed E-state index contributed by atoms with van der Waals surface area (Å²) in [6.45, 7) is 4.05. The lowest BCUT2D eigenvalue weighted by Crippen LogP contribution is -1.95. The van der Waals surface area contributed by atoms with Gasteiger partial charge < -0.3 is 10.5 Å². The van der Waals surface area contributed by atoms with Gasteiger partial charge in [0.25, 0.3) is 0 Å². The Bertz CT molecular complexity index is 1040. The summed E-state index contributed by atoms with van der Waals surface area (Å²) in [5.74, 6) is 1.31. The van der Waals surface area contributed by atoms with Gasteiger partial charge in [0.2, 0.25) is 0 Å². The van der Waals surface area contributed by atoms with Gasteiger partial charge in [-0.3, -0.25) is 4.98 Å². The van der Waals surface area contributed by atoms with Gasteiger partial charge in [0.05, 0.1) is 10.6 Å². The minimum absolute atomic E-state index is 0.567. The van der Waals surface area contributed by atoms with E-state index in [2.05, 4.69) is 17.6 Å². The molecule has 112 valence electrons. The molecule has 0 radical (unpaired) electrons. The van der Waals surface area contributed by atoms with E-state index in [-0.39, 0.29) is 0 Å². The maximum absolute atomic E-state index is 6.25. The maximum Gasteiger partial charge on any atom is 0.139 e. The summed E-state index contributed by atoms with van der Waals surface area (Å²) in [6, 6.07) is 15.9. The van der Waals surface area contributed by atoms with E-state index < -0.39 is 0 Å². The normalized spacial score (nSPS) is 11.0. The molecule has 0 spiro atoms. The summed E-state index contributed by atoms with van der Waals surface area (Å²) in [6.07, 6.45) is 3.60. The number of ether oxygens (including phenoxy) is 1. The van der Waals surface area contributed by atoms with Crippen molar-refractivity contribution in [1.82, 2.24) is 4.98 Å². The minimum Gasteiger partial charge on any atom is -0.456 e. The third kappa shape index (κ3) is 2.43. The smallest absolute Gasteiger partial charge is 0.139 e. The molecule has 0 atom stereocenters. The van der Waals surface area contributed by atoms with Gasteiger partial charge in [0, 0.05) is 27.9 Å². The van der Waals surface area contributed by atoms with E-state index in [1.54, 1.807) is 17.5 Å². The van der Waals surface area contributed by atoms with Crippen molar-refractivity contribution < 1.29 is 4.74 Å². The molecule has 3 nitrogen and oxygen atoms in total. The molecule has 23 heavy (non-hydrogen) atoms. The number of nitrogens with zero attached hydrogens (tertiary/aromatic N) is 1. The lowest BCUT2D eigenvalue weighted by molar-refractivity contribution is 0.520. The Kier molecular flexibility index (Phi) is 3.24. The van der Waals surface area contributed by atoms with Gasteiger partial charge >= 0.3 is 0 Å². The number of aromatic nitrogens is 1. The van der Waals surface area contributed by atoms with E-state index in [0.717, 1.165) is 37.2 Å². The first kappa shape index (κ1) is 13.8. The van der Waals surface area contributed by atoms with Gasteiger partial charge in [-0.15, -0.1) is 11.3 Å². The van der Waals surface area contributed by atoms with E-state index >= 15 is 0 Å². The number of nitrogen functional groups attached to an aromatic ring is 1. The van der Waals surface area contributed by atoms with Crippen molar-refractivity contribution in [3.05, 3.63) is 72.4 Å². The van der Waals surface area contributed by atoms with Crippen LogP contribution < -0.4 is 10.5 Å². The molecule has 2 aromatic carbocycles. The third-order valence-electron chi connectivity index (χ3n) is 3.74. The fourth-order valence-electron chi connectivity index (χ4n) is 2.59. The molecule has 0 unspecified atom stereocenters.